The highest BCUT2D eigenvalue weighted by Gasteiger charge is 2.41. The Bertz CT molecular complexity index is 1420. The summed E-state index contributed by atoms with van der Waals surface area (Å²) in [5, 5.41) is 5.27. The second-order valence-electron chi connectivity index (χ2n) is 8.42. The first-order chi connectivity index (χ1) is 14.7. The second-order valence-corrected chi connectivity index (χ2v) is 10.1. The molecular formula is C28H16Br2. The summed E-state index contributed by atoms with van der Waals surface area (Å²) in [5.74, 6) is 0.577. The van der Waals surface area contributed by atoms with E-state index >= 15 is 0 Å². The molecule has 5 aromatic rings. The van der Waals surface area contributed by atoms with Crippen molar-refractivity contribution in [1.29, 1.82) is 0 Å². The average Bonchev–Trinajstić information content (AvgIpc) is 2.77. The number of hydrogen-bond donors (Lipinski definition) is 0. The lowest BCUT2D eigenvalue weighted by Crippen LogP contribution is -2.27. The molecule has 5 aromatic carbocycles. The van der Waals surface area contributed by atoms with Crippen molar-refractivity contribution in [3.8, 4) is 0 Å². The highest BCUT2D eigenvalue weighted by Crippen LogP contribution is 2.57. The first-order valence-electron chi connectivity index (χ1n) is 10.2. The van der Waals surface area contributed by atoms with E-state index in [1.165, 1.54) is 54.9 Å². The van der Waals surface area contributed by atoms with Crippen molar-refractivity contribution in [2.75, 3.05) is 0 Å². The minimum absolute atomic E-state index is 0.288. The number of halogens is 2. The molecule has 0 N–H and O–H groups in total. The van der Waals surface area contributed by atoms with Crippen molar-refractivity contribution < 1.29 is 0 Å². The summed E-state index contributed by atoms with van der Waals surface area (Å²) in [6.07, 6.45) is 0. The van der Waals surface area contributed by atoms with Crippen LogP contribution in [0.2, 0.25) is 0 Å². The van der Waals surface area contributed by atoms with E-state index in [-0.39, 0.29) is 11.8 Å². The van der Waals surface area contributed by atoms with Crippen LogP contribution in [0, 0.1) is 0 Å². The number of rotatable bonds is 0. The smallest absolute Gasteiger partial charge is 0.0349 e. The van der Waals surface area contributed by atoms with Crippen LogP contribution in [0.1, 0.15) is 45.2 Å². The summed E-state index contributed by atoms with van der Waals surface area (Å²) >= 11 is 7.49. The van der Waals surface area contributed by atoms with Crippen LogP contribution < -0.4 is 0 Å². The van der Waals surface area contributed by atoms with Crippen LogP contribution in [0.5, 0.6) is 0 Å². The minimum Gasteiger partial charge on any atom is -0.0619 e. The fraction of sp³-hybridized carbons (Fsp3) is 0.0714. The lowest BCUT2D eigenvalue weighted by atomic mass is 9.61. The standard InChI is InChI=1S/C28H16Br2/c29-25-13-23-24(14-26(25)30)28-20-8-4-3-7-19(20)27(23)21-11-17-9-15-5-1-2-6-16(15)10-18(17)12-22(21)28/h1-14,27-28H. The van der Waals surface area contributed by atoms with Crippen LogP contribution in [0.25, 0.3) is 21.5 Å². The zero-order valence-corrected chi connectivity index (χ0v) is 19.2. The zero-order chi connectivity index (χ0) is 20.0. The van der Waals surface area contributed by atoms with Gasteiger partial charge in [0, 0.05) is 20.8 Å². The molecule has 2 atom stereocenters. The van der Waals surface area contributed by atoms with Gasteiger partial charge in [0.05, 0.1) is 0 Å². The summed E-state index contributed by atoms with van der Waals surface area (Å²) < 4.78 is 2.25. The molecule has 0 amide bonds. The normalized spacial score (nSPS) is 18.3. The predicted molar refractivity (Wildman–Crippen MR) is 132 cm³/mol. The molecule has 2 heteroatoms. The Labute approximate surface area is 191 Å². The minimum atomic E-state index is 0.288. The molecule has 0 spiro atoms. The van der Waals surface area contributed by atoms with Crippen molar-refractivity contribution in [3.05, 3.63) is 127 Å². The highest BCUT2D eigenvalue weighted by molar-refractivity contribution is 9.13. The predicted octanol–water partition coefficient (Wildman–Crippen LogP) is 8.51. The van der Waals surface area contributed by atoms with Crippen molar-refractivity contribution in [3.63, 3.8) is 0 Å². The van der Waals surface area contributed by atoms with Crippen LogP contribution in [0.3, 0.4) is 0 Å². The first-order valence-corrected chi connectivity index (χ1v) is 11.8. The van der Waals surface area contributed by atoms with E-state index < -0.39 is 0 Å². The van der Waals surface area contributed by atoms with Gasteiger partial charge in [-0.1, -0.05) is 48.5 Å². The van der Waals surface area contributed by atoms with Gasteiger partial charge in [-0.15, -0.1) is 0 Å². The van der Waals surface area contributed by atoms with Gasteiger partial charge in [-0.05, 0) is 123 Å². The third-order valence-electron chi connectivity index (χ3n) is 6.89. The fourth-order valence-electron chi connectivity index (χ4n) is 5.65. The Morgan fingerprint density at radius 3 is 1.27 bits per heavy atom. The third kappa shape index (κ3) is 2.21. The van der Waals surface area contributed by atoms with E-state index in [2.05, 4.69) is 117 Å². The molecule has 0 saturated carbocycles. The van der Waals surface area contributed by atoms with Gasteiger partial charge < -0.3 is 0 Å². The largest absolute Gasteiger partial charge is 0.0619 e. The summed E-state index contributed by atoms with van der Waals surface area (Å²) in [6, 6.07) is 31.9. The molecule has 0 aliphatic heterocycles. The Balaban J connectivity index is 1.59. The molecule has 8 rings (SSSR count). The molecule has 0 saturated heterocycles. The lowest BCUT2D eigenvalue weighted by molar-refractivity contribution is 0.755. The summed E-state index contributed by atoms with van der Waals surface area (Å²) in [7, 11) is 0. The molecule has 30 heavy (non-hydrogen) atoms. The highest BCUT2D eigenvalue weighted by atomic mass is 79.9. The quantitative estimate of drug-likeness (QED) is 0.179. The van der Waals surface area contributed by atoms with Crippen molar-refractivity contribution in [2.24, 2.45) is 0 Å². The summed E-state index contributed by atoms with van der Waals surface area (Å²) in [5.41, 5.74) is 8.70. The van der Waals surface area contributed by atoms with Crippen LogP contribution >= 0.6 is 31.9 Å². The van der Waals surface area contributed by atoms with Crippen molar-refractivity contribution in [2.45, 2.75) is 11.8 Å². The SMILES string of the molecule is Brc1cc2c(cc1Br)C1c3ccccc3C2c2cc3cc4ccccc4cc3cc21. The molecule has 3 aliphatic rings. The van der Waals surface area contributed by atoms with Gasteiger partial charge >= 0.3 is 0 Å². The van der Waals surface area contributed by atoms with Crippen molar-refractivity contribution >= 4 is 53.4 Å². The van der Waals surface area contributed by atoms with E-state index in [1.54, 1.807) is 0 Å². The number of benzene rings is 5. The maximum Gasteiger partial charge on any atom is 0.0349 e. The Hall–Kier alpha value is -2.42. The molecule has 0 radical (unpaired) electrons. The topological polar surface area (TPSA) is 0 Å². The molecule has 2 bridgehead atoms. The van der Waals surface area contributed by atoms with Gasteiger partial charge in [0.2, 0.25) is 0 Å². The maximum atomic E-state index is 3.75. The molecule has 3 aliphatic carbocycles. The van der Waals surface area contributed by atoms with Crippen LogP contribution in [0.4, 0.5) is 0 Å². The monoisotopic (exact) mass is 510 g/mol. The number of fused-ring (bicyclic) bond motifs is 2. The molecule has 0 fully saturated rings. The Kier molecular flexibility index (Phi) is 3.49. The van der Waals surface area contributed by atoms with E-state index in [4.69, 9.17) is 0 Å². The molecule has 2 unspecified atom stereocenters. The van der Waals surface area contributed by atoms with E-state index in [1.807, 2.05) is 0 Å². The van der Waals surface area contributed by atoms with Gasteiger partial charge in [-0.3, -0.25) is 0 Å². The summed E-state index contributed by atoms with van der Waals surface area (Å²) in [6.45, 7) is 0. The second kappa shape index (κ2) is 6.06. The van der Waals surface area contributed by atoms with Gasteiger partial charge in [0.15, 0.2) is 0 Å². The fourth-order valence-corrected chi connectivity index (χ4v) is 6.37. The van der Waals surface area contributed by atoms with Crippen LogP contribution in [-0.4, -0.2) is 0 Å². The van der Waals surface area contributed by atoms with E-state index in [9.17, 15) is 0 Å². The van der Waals surface area contributed by atoms with Crippen LogP contribution in [-0.2, 0) is 0 Å². The number of hydrogen-bond acceptors (Lipinski definition) is 0. The average molecular weight is 512 g/mol. The van der Waals surface area contributed by atoms with Crippen LogP contribution in [0.15, 0.2) is 93.9 Å². The Morgan fingerprint density at radius 1 is 0.400 bits per heavy atom. The lowest BCUT2D eigenvalue weighted by Gasteiger charge is -2.42. The third-order valence-corrected chi connectivity index (χ3v) is 8.74. The Morgan fingerprint density at radius 2 is 0.800 bits per heavy atom. The van der Waals surface area contributed by atoms with E-state index in [0.717, 1.165) is 8.95 Å². The summed E-state index contributed by atoms with van der Waals surface area (Å²) in [4.78, 5) is 0. The van der Waals surface area contributed by atoms with E-state index in [0.29, 0.717) is 0 Å². The van der Waals surface area contributed by atoms with Crippen molar-refractivity contribution in [1.82, 2.24) is 0 Å². The zero-order valence-electron chi connectivity index (χ0n) is 16.0. The first kappa shape index (κ1) is 17.3. The maximum absolute atomic E-state index is 3.75. The van der Waals surface area contributed by atoms with Gasteiger partial charge in [-0.2, -0.15) is 0 Å². The molecule has 0 aromatic heterocycles. The van der Waals surface area contributed by atoms with Gasteiger partial charge in [0.1, 0.15) is 0 Å². The van der Waals surface area contributed by atoms with Gasteiger partial charge in [0.25, 0.3) is 0 Å². The molecule has 0 heterocycles. The molecular weight excluding hydrogens is 496 g/mol. The molecule has 0 nitrogen and oxygen atoms in total. The molecule has 142 valence electrons. The van der Waals surface area contributed by atoms with Gasteiger partial charge in [-0.25, -0.2) is 0 Å².